The molecule has 110 valence electrons. The van der Waals surface area contributed by atoms with E-state index < -0.39 is 10.0 Å². The second kappa shape index (κ2) is 6.07. The maximum atomic E-state index is 12.0. The van der Waals surface area contributed by atoms with Crippen LogP contribution in [0.4, 0.5) is 0 Å². The maximum absolute atomic E-state index is 12.0. The number of sulfonamides is 1. The molecule has 1 amide bonds. The van der Waals surface area contributed by atoms with Gasteiger partial charge in [-0.15, -0.1) is 0 Å². The van der Waals surface area contributed by atoms with E-state index in [9.17, 15) is 13.2 Å². The third-order valence-corrected chi connectivity index (χ3v) is 4.02. The quantitative estimate of drug-likeness (QED) is 0.903. The number of nitrogens with two attached hydrogens (primary N) is 1. The molecule has 1 unspecified atom stereocenters. The van der Waals surface area contributed by atoms with Crippen molar-refractivity contribution in [1.82, 2.24) is 5.32 Å². The number of hydrogen-bond acceptors (Lipinski definition) is 3. The largest absolute Gasteiger partial charge is 0.346 e. The lowest BCUT2D eigenvalue weighted by molar-refractivity contribution is 0.0940. The van der Waals surface area contributed by atoms with Crippen LogP contribution in [0, 0.1) is 0 Å². The normalized spacial score (nSPS) is 12.7. The first kappa shape index (κ1) is 15.2. The Kier molecular flexibility index (Phi) is 4.40. The summed E-state index contributed by atoms with van der Waals surface area (Å²) in [6.07, 6.45) is 0. The highest BCUT2D eigenvalue weighted by molar-refractivity contribution is 7.89. The summed E-state index contributed by atoms with van der Waals surface area (Å²) in [6.45, 7) is 1.83. The fraction of sp³-hybridized carbons (Fsp3) is 0.133. The lowest BCUT2D eigenvalue weighted by atomic mass is 10.1. The number of nitrogens with one attached hydrogen (secondary N) is 1. The first-order chi connectivity index (χ1) is 9.88. The first-order valence-corrected chi connectivity index (χ1v) is 7.91. The summed E-state index contributed by atoms with van der Waals surface area (Å²) in [5.41, 5.74) is 1.37. The molecular formula is C15H16N2O3S. The highest BCUT2D eigenvalue weighted by atomic mass is 32.2. The summed E-state index contributed by atoms with van der Waals surface area (Å²) >= 11 is 0. The van der Waals surface area contributed by atoms with Crippen LogP contribution in [0.1, 0.15) is 28.9 Å². The zero-order chi connectivity index (χ0) is 15.5. The Morgan fingerprint density at radius 2 is 1.62 bits per heavy atom. The summed E-state index contributed by atoms with van der Waals surface area (Å²) in [6, 6.07) is 14.8. The van der Waals surface area contributed by atoms with Gasteiger partial charge in [-0.05, 0) is 36.8 Å². The van der Waals surface area contributed by atoms with Crippen LogP contribution in [0.3, 0.4) is 0 Å². The van der Waals surface area contributed by atoms with E-state index in [0.717, 1.165) is 5.56 Å². The maximum Gasteiger partial charge on any atom is 0.251 e. The Labute approximate surface area is 123 Å². The average Bonchev–Trinajstić information content (AvgIpc) is 2.47. The Balaban J connectivity index is 2.10. The van der Waals surface area contributed by atoms with Crippen LogP contribution in [-0.4, -0.2) is 14.3 Å². The van der Waals surface area contributed by atoms with Crippen LogP contribution < -0.4 is 10.5 Å². The monoisotopic (exact) mass is 304 g/mol. The predicted molar refractivity (Wildman–Crippen MR) is 80.1 cm³/mol. The minimum atomic E-state index is -3.70. The molecule has 0 aliphatic rings. The smallest absolute Gasteiger partial charge is 0.251 e. The fourth-order valence-corrected chi connectivity index (χ4v) is 2.41. The summed E-state index contributed by atoms with van der Waals surface area (Å²) < 4.78 is 22.4. The minimum absolute atomic E-state index is 0.0489. The van der Waals surface area contributed by atoms with E-state index in [1.807, 2.05) is 13.0 Å². The van der Waals surface area contributed by atoms with Gasteiger partial charge in [0.15, 0.2) is 0 Å². The second-order valence-electron chi connectivity index (χ2n) is 4.68. The minimum Gasteiger partial charge on any atom is -0.346 e. The lowest BCUT2D eigenvalue weighted by Crippen LogP contribution is -2.26. The van der Waals surface area contributed by atoms with Crippen LogP contribution in [0.25, 0.3) is 0 Å². The third-order valence-electron chi connectivity index (χ3n) is 3.09. The van der Waals surface area contributed by atoms with Crippen LogP contribution in [-0.2, 0) is 10.0 Å². The highest BCUT2D eigenvalue weighted by Crippen LogP contribution is 2.16. The van der Waals surface area contributed by atoms with Crippen LogP contribution >= 0.6 is 0 Å². The number of benzene rings is 2. The molecule has 0 bridgehead atoms. The van der Waals surface area contributed by atoms with Crippen molar-refractivity contribution in [3.05, 3.63) is 65.7 Å². The van der Waals surface area contributed by atoms with Crippen LogP contribution in [0.5, 0.6) is 0 Å². The third kappa shape index (κ3) is 3.90. The number of amides is 1. The summed E-state index contributed by atoms with van der Waals surface area (Å²) in [7, 11) is -3.70. The molecule has 1 atom stereocenters. The Morgan fingerprint density at radius 3 is 2.14 bits per heavy atom. The molecule has 6 heteroatoms. The SMILES string of the molecule is CC(NC(=O)c1ccccc1)c1ccc(S(N)(=O)=O)cc1. The van der Waals surface area contributed by atoms with E-state index in [1.54, 1.807) is 36.4 Å². The van der Waals surface area contributed by atoms with Gasteiger partial charge in [0.2, 0.25) is 10.0 Å². The van der Waals surface area contributed by atoms with Gasteiger partial charge in [0.1, 0.15) is 0 Å². The number of carbonyl (C=O) groups excluding carboxylic acids is 1. The molecule has 3 N–H and O–H groups in total. The molecule has 0 aliphatic carbocycles. The average molecular weight is 304 g/mol. The van der Waals surface area contributed by atoms with Crippen LogP contribution in [0.2, 0.25) is 0 Å². The van der Waals surface area contributed by atoms with Gasteiger partial charge >= 0.3 is 0 Å². The number of primary sulfonamides is 1. The van der Waals surface area contributed by atoms with Gasteiger partial charge in [-0.3, -0.25) is 4.79 Å². The van der Waals surface area contributed by atoms with E-state index in [0.29, 0.717) is 5.56 Å². The Morgan fingerprint density at radius 1 is 1.05 bits per heavy atom. The molecule has 0 saturated heterocycles. The molecule has 0 radical (unpaired) electrons. The molecule has 0 saturated carbocycles. The molecular weight excluding hydrogens is 288 g/mol. The van der Waals surface area contributed by atoms with Crippen molar-refractivity contribution in [2.75, 3.05) is 0 Å². The fourth-order valence-electron chi connectivity index (χ4n) is 1.90. The number of hydrogen-bond donors (Lipinski definition) is 2. The van der Waals surface area contributed by atoms with E-state index in [-0.39, 0.29) is 16.8 Å². The van der Waals surface area contributed by atoms with E-state index in [1.165, 1.54) is 12.1 Å². The van der Waals surface area contributed by atoms with Crippen molar-refractivity contribution in [2.24, 2.45) is 5.14 Å². The van der Waals surface area contributed by atoms with Crippen molar-refractivity contribution in [3.8, 4) is 0 Å². The van der Waals surface area contributed by atoms with E-state index in [4.69, 9.17) is 5.14 Å². The molecule has 5 nitrogen and oxygen atoms in total. The van der Waals surface area contributed by atoms with Crippen molar-refractivity contribution in [1.29, 1.82) is 0 Å². The van der Waals surface area contributed by atoms with Crippen molar-refractivity contribution < 1.29 is 13.2 Å². The van der Waals surface area contributed by atoms with Crippen molar-refractivity contribution >= 4 is 15.9 Å². The molecule has 21 heavy (non-hydrogen) atoms. The standard InChI is InChI=1S/C15H16N2O3S/c1-11(17-15(18)13-5-3-2-4-6-13)12-7-9-14(10-8-12)21(16,19)20/h2-11H,1H3,(H,17,18)(H2,16,19,20). The topological polar surface area (TPSA) is 89.3 Å². The van der Waals surface area contributed by atoms with Crippen molar-refractivity contribution in [3.63, 3.8) is 0 Å². The zero-order valence-corrected chi connectivity index (χ0v) is 12.3. The predicted octanol–water partition coefficient (Wildman–Crippen LogP) is 1.83. The second-order valence-corrected chi connectivity index (χ2v) is 6.24. The molecule has 2 aromatic rings. The van der Waals surface area contributed by atoms with Crippen LogP contribution in [0.15, 0.2) is 59.5 Å². The molecule has 0 fully saturated rings. The van der Waals surface area contributed by atoms with Gasteiger partial charge in [0.05, 0.1) is 10.9 Å². The number of carbonyl (C=O) groups is 1. The molecule has 0 aliphatic heterocycles. The lowest BCUT2D eigenvalue weighted by Gasteiger charge is -2.14. The molecule has 2 rings (SSSR count). The first-order valence-electron chi connectivity index (χ1n) is 6.36. The molecule has 0 spiro atoms. The molecule has 0 aromatic heterocycles. The number of rotatable bonds is 4. The van der Waals surface area contributed by atoms with Crippen molar-refractivity contribution in [2.45, 2.75) is 17.9 Å². The van der Waals surface area contributed by atoms with Gasteiger partial charge in [-0.2, -0.15) is 0 Å². The van der Waals surface area contributed by atoms with E-state index in [2.05, 4.69) is 5.32 Å². The van der Waals surface area contributed by atoms with Gasteiger partial charge < -0.3 is 5.32 Å². The summed E-state index contributed by atoms with van der Waals surface area (Å²) in [5.74, 6) is -0.182. The molecule has 2 aromatic carbocycles. The zero-order valence-electron chi connectivity index (χ0n) is 11.5. The Hall–Kier alpha value is -2.18. The summed E-state index contributed by atoms with van der Waals surface area (Å²) in [5, 5.41) is 7.89. The Bertz CT molecular complexity index is 725. The summed E-state index contributed by atoms with van der Waals surface area (Å²) in [4.78, 5) is 12.1. The van der Waals surface area contributed by atoms with Gasteiger partial charge in [-0.25, -0.2) is 13.6 Å². The highest BCUT2D eigenvalue weighted by Gasteiger charge is 2.12. The van der Waals surface area contributed by atoms with E-state index >= 15 is 0 Å². The molecule has 0 heterocycles. The van der Waals surface area contributed by atoms with Gasteiger partial charge in [-0.1, -0.05) is 30.3 Å². The van der Waals surface area contributed by atoms with Gasteiger partial charge in [0, 0.05) is 5.56 Å². The van der Waals surface area contributed by atoms with Gasteiger partial charge in [0.25, 0.3) is 5.91 Å².